The van der Waals surface area contributed by atoms with Crippen molar-refractivity contribution < 1.29 is 13.2 Å². The van der Waals surface area contributed by atoms with Crippen molar-refractivity contribution in [3.8, 4) is 5.82 Å². The summed E-state index contributed by atoms with van der Waals surface area (Å²) >= 11 is 6.39. The lowest BCUT2D eigenvalue weighted by molar-refractivity contribution is -0.144. The molecule has 0 atom stereocenters. The van der Waals surface area contributed by atoms with Gasteiger partial charge in [0.1, 0.15) is 0 Å². The number of aryl methyl sites for hydroxylation is 1. The number of hydrogen-bond acceptors (Lipinski definition) is 3. The lowest BCUT2D eigenvalue weighted by atomic mass is 10.1. The molecule has 144 valence electrons. The average Bonchev–Trinajstić information content (AvgIpc) is 3.20. The van der Waals surface area contributed by atoms with E-state index in [4.69, 9.17) is 11.6 Å². The molecule has 0 unspecified atom stereocenters. The molecule has 0 saturated heterocycles. The van der Waals surface area contributed by atoms with Crippen LogP contribution in [-0.4, -0.2) is 24.4 Å². The van der Waals surface area contributed by atoms with Crippen molar-refractivity contribution in [2.45, 2.75) is 31.9 Å². The molecule has 3 heterocycles. The maximum absolute atomic E-state index is 13.2. The van der Waals surface area contributed by atoms with Crippen molar-refractivity contribution >= 4 is 28.2 Å². The molecule has 0 bridgehead atoms. The maximum Gasteiger partial charge on any atom is 0.453 e. The molecule has 0 spiro atoms. The number of fused-ring (bicyclic) bond motifs is 2. The number of aromatic nitrogens is 5. The predicted molar refractivity (Wildman–Crippen MR) is 98.7 cm³/mol. The number of rotatable bonds is 4. The Morgan fingerprint density at radius 3 is 2.71 bits per heavy atom. The second-order valence-electron chi connectivity index (χ2n) is 7.10. The lowest BCUT2D eigenvalue weighted by Gasteiger charge is -2.13. The van der Waals surface area contributed by atoms with E-state index in [0.29, 0.717) is 22.3 Å². The molecule has 1 saturated carbocycles. The van der Waals surface area contributed by atoms with Crippen LogP contribution in [0.25, 0.3) is 22.4 Å². The molecule has 1 aliphatic rings. The summed E-state index contributed by atoms with van der Waals surface area (Å²) in [6, 6.07) is 8.78. The third-order valence-electron chi connectivity index (χ3n) is 5.07. The van der Waals surface area contributed by atoms with Crippen LogP contribution in [0.5, 0.6) is 0 Å². The van der Waals surface area contributed by atoms with Crippen LogP contribution in [0.15, 0.2) is 36.5 Å². The van der Waals surface area contributed by atoms with Crippen LogP contribution in [0.3, 0.4) is 0 Å². The molecule has 1 aliphatic carbocycles. The average molecular weight is 406 g/mol. The van der Waals surface area contributed by atoms with Crippen LogP contribution < -0.4 is 0 Å². The van der Waals surface area contributed by atoms with Crippen molar-refractivity contribution in [3.05, 3.63) is 52.9 Å². The van der Waals surface area contributed by atoms with Crippen molar-refractivity contribution in [3.63, 3.8) is 0 Å². The molecule has 1 aromatic carbocycles. The van der Waals surface area contributed by atoms with Gasteiger partial charge in [-0.2, -0.15) is 22.8 Å². The fourth-order valence-electron chi connectivity index (χ4n) is 3.48. The van der Waals surface area contributed by atoms with Gasteiger partial charge in [-0.25, -0.2) is 9.67 Å². The third-order valence-corrected chi connectivity index (χ3v) is 5.37. The van der Waals surface area contributed by atoms with E-state index in [1.165, 1.54) is 17.4 Å². The Balaban J connectivity index is 1.77. The Morgan fingerprint density at radius 2 is 1.96 bits per heavy atom. The predicted octanol–water partition coefficient (Wildman–Crippen LogP) is 5.08. The zero-order valence-electron chi connectivity index (χ0n) is 14.6. The summed E-state index contributed by atoms with van der Waals surface area (Å²) in [5.41, 5.74) is 1.62. The number of halogens is 4. The summed E-state index contributed by atoms with van der Waals surface area (Å²) in [4.78, 5) is 3.66. The molecule has 0 N–H and O–H groups in total. The van der Waals surface area contributed by atoms with Gasteiger partial charge in [-0.15, -0.1) is 5.10 Å². The van der Waals surface area contributed by atoms with Crippen molar-refractivity contribution in [1.29, 1.82) is 0 Å². The van der Waals surface area contributed by atoms with Gasteiger partial charge in [-0.05, 0) is 36.5 Å². The molecule has 0 amide bonds. The van der Waals surface area contributed by atoms with Crippen molar-refractivity contribution in [1.82, 2.24) is 24.4 Å². The minimum absolute atomic E-state index is 0.119. The Bertz CT molecular complexity index is 1190. The second-order valence-corrected chi connectivity index (χ2v) is 7.51. The van der Waals surface area contributed by atoms with E-state index in [2.05, 4.69) is 15.2 Å². The van der Waals surface area contributed by atoms with Gasteiger partial charge < -0.3 is 0 Å². The molecular weight excluding hydrogens is 391 g/mol. The topological polar surface area (TPSA) is 48.0 Å². The molecule has 1 fully saturated rings. The van der Waals surface area contributed by atoms with E-state index in [9.17, 15) is 13.2 Å². The molecule has 28 heavy (non-hydrogen) atoms. The van der Waals surface area contributed by atoms with Gasteiger partial charge in [0.05, 0.1) is 16.7 Å². The zero-order valence-corrected chi connectivity index (χ0v) is 15.4. The Morgan fingerprint density at radius 1 is 1.14 bits per heavy atom. The Hall–Kier alpha value is -2.61. The zero-order chi connectivity index (χ0) is 19.5. The molecule has 0 aliphatic heterocycles. The highest BCUT2D eigenvalue weighted by atomic mass is 35.5. The minimum Gasteiger partial charge on any atom is -0.213 e. The van der Waals surface area contributed by atoms with E-state index in [-0.39, 0.29) is 5.65 Å². The first-order valence-corrected chi connectivity index (χ1v) is 9.38. The van der Waals surface area contributed by atoms with Gasteiger partial charge in [0.15, 0.2) is 11.5 Å². The molecule has 9 heteroatoms. The molecule has 5 rings (SSSR count). The summed E-state index contributed by atoms with van der Waals surface area (Å²) in [6.45, 7) is 0. The Labute approximate surface area is 162 Å². The van der Waals surface area contributed by atoms with Gasteiger partial charge in [0, 0.05) is 5.39 Å². The van der Waals surface area contributed by atoms with Gasteiger partial charge in [-0.1, -0.05) is 42.6 Å². The highest BCUT2D eigenvalue weighted by molar-refractivity contribution is 6.35. The summed E-state index contributed by atoms with van der Waals surface area (Å²) in [6.07, 6.45) is 1.13. The summed E-state index contributed by atoms with van der Waals surface area (Å²) < 4.78 is 42.4. The molecular formula is C19H15ClF3N5. The quantitative estimate of drug-likeness (QED) is 0.475. The molecule has 5 nitrogen and oxygen atoms in total. The number of alkyl halides is 3. The first-order valence-electron chi connectivity index (χ1n) is 9.00. The maximum atomic E-state index is 13.2. The fraction of sp³-hybridized carbons (Fsp3) is 0.316. The smallest absolute Gasteiger partial charge is 0.213 e. The monoisotopic (exact) mass is 405 g/mol. The van der Waals surface area contributed by atoms with Gasteiger partial charge in [0.25, 0.3) is 5.82 Å². The van der Waals surface area contributed by atoms with E-state index >= 15 is 0 Å². The first-order chi connectivity index (χ1) is 13.4. The molecule has 3 aromatic heterocycles. The minimum atomic E-state index is -4.62. The molecule has 4 aromatic rings. The van der Waals surface area contributed by atoms with E-state index in [1.807, 2.05) is 18.2 Å². The van der Waals surface area contributed by atoms with Gasteiger partial charge in [-0.3, -0.25) is 0 Å². The van der Waals surface area contributed by atoms with Crippen molar-refractivity contribution in [2.24, 2.45) is 5.92 Å². The van der Waals surface area contributed by atoms with Crippen LogP contribution in [-0.2, 0) is 12.6 Å². The van der Waals surface area contributed by atoms with Crippen LogP contribution in [0.4, 0.5) is 13.2 Å². The van der Waals surface area contributed by atoms with Gasteiger partial charge >= 0.3 is 6.18 Å². The van der Waals surface area contributed by atoms with Crippen LogP contribution in [0.1, 0.15) is 30.7 Å². The van der Waals surface area contributed by atoms with Crippen LogP contribution in [0, 0.1) is 5.92 Å². The third kappa shape index (κ3) is 2.92. The van der Waals surface area contributed by atoms with E-state index in [0.717, 1.165) is 23.8 Å². The molecule has 0 radical (unpaired) electrons. The Kier molecular flexibility index (Phi) is 3.87. The van der Waals surface area contributed by atoms with E-state index < -0.39 is 12.0 Å². The summed E-state index contributed by atoms with van der Waals surface area (Å²) in [7, 11) is 0. The highest BCUT2D eigenvalue weighted by Gasteiger charge is 2.37. The first kappa shape index (κ1) is 17.5. The SMILES string of the molecule is FC(F)(F)c1nc2ccc(CCC3CC3)c(-n3ncc4cccc(Cl)c43)n2n1. The second kappa shape index (κ2) is 6.20. The van der Waals surface area contributed by atoms with Gasteiger partial charge in [0.2, 0.25) is 0 Å². The van der Waals surface area contributed by atoms with Crippen molar-refractivity contribution in [2.75, 3.05) is 0 Å². The number of pyridine rings is 1. The lowest BCUT2D eigenvalue weighted by Crippen LogP contribution is -2.11. The summed E-state index contributed by atoms with van der Waals surface area (Å²) in [5.74, 6) is -0.0390. The number of benzene rings is 1. The number of hydrogen-bond donors (Lipinski definition) is 0. The normalized spacial score (nSPS) is 15.0. The van der Waals surface area contributed by atoms with Crippen LogP contribution in [0.2, 0.25) is 5.02 Å². The van der Waals surface area contributed by atoms with E-state index in [1.54, 1.807) is 23.0 Å². The largest absolute Gasteiger partial charge is 0.453 e. The highest BCUT2D eigenvalue weighted by Crippen LogP contribution is 2.35. The van der Waals surface area contributed by atoms with Crippen LogP contribution >= 0.6 is 11.6 Å². The fourth-order valence-corrected chi connectivity index (χ4v) is 3.74. The number of para-hydroxylation sites is 1. The standard InChI is InChI=1S/C19H15ClF3N5/c20-14-3-1-2-13-10-24-28(16(13)14)17-12(7-6-11-4-5-11)8-9-15-25-18(19(21,22)23)26-27(15)17/h1-3,8-11H,4-7H2. The number of nitrogens with zero attached hydrogens (tertiary/aromatic N) is 5. The summed E-state index contributed by atoms with van der Waals surface area (Å²) in [5, 5.41) is 9.44.